The number of hydrogen-bond acceptors (Lipinski definition) is 5. The largest absolute Gasteiger partial charge is 0.493 e. The second-order valence-electron chi connectivity index (χ2n) is 7.57. The normalized spacial score (nSPS) is 11.4. The summed E-state index contributed by atoms with van der Waals surface area (Å²) in [5.41, 5.74) is 3.15. The fraction of sp³-hybridized carbons (Fsp3) is 0.259. The monoisotopic (exact) mass is 447 g/mol. The summed E-state index contributed by atoms with van der Waals surface area (Å²) in [6.45, 7) is 6.41. The molecule has 0 bridgehead atoms. The Kier molecular flexibility index (Phi) is 8.47. The van der Waals surface area contributed by atoms with Gasteiger partial charge in [-0.05, 0) is 50.1 Å². The molecule has 3 aromatic rings. The van der Waals surface area contributed by atoms with E-state index in [1.807, 2.05) is 51.1 Å². The van der Waals surface area contributed by atoms with Crippen molar-refractivity contribution in [3.05, 3.63) is 89.5 Å². The van der Waals surface area contributed by atoms with E-state index in [-0.39, 0.29) is 13.0 Å². The van der Waals surface area contributed by atoms with Gasteiger partial charge in [-0.15, -0.1) is 0 Å². The summed E-state index contributed by atoms with van der Waals surface area (Å²) in [6, 6.07) is 22.0. The first-order valence-corrected chi connectivity index (χ1v) is 10.9. The number of ether oxygens (including phenoxy) is 3. The van der Waals surface area contributed by atoms with Gasteiger partial charge in [0.2, 0.25) is 6.10 Å². The molecule has 0 heterocycles. The van der Waals surface area contributed by atoms with Gasteiger partial charge in [0.15, 0.2) is 0 Å². The van der Waals surface area contributed by atoms with Crippen LogP contribution in [0.25, 0.3) is 0 Å². The fourth-order valence-electron chi connectivity index (χ4n) is 3.25. The second-order valence-corrected chi connectivity index (χ2v) is 7.57. The minimum atomic E-state index is -1.10. The third-order valence-corrected chi connectivity index (χ3v) is 4.94. The van der Waals surface area contributed by atoms with E-state index in [4.69, 9.17) is 14.2 Å². The van der Waals surface area contributed by atoms with Crippen molar-refractivity contribution in [1.82, 2.24) is 0 Å². The van der Waals surface area contributed by atoms with Crippen LogP contribution in [0.4, 0.5) is 5.69 Å². The van der Waals surface area contributed by atoms with E-state index in [1.165, 1.54) is 0 Å². The Balaban J connectivity index is 1.67. The van der Waals surface area contributed by atoms with Gasteiger partial charge in [-0.3, -0.25) is 9.59 Å². The molecule has 6 nitrogen and oxygen atoms in total. The van der Waals surface area contributed by atoms with Crippen molar-refractivity contribution >= 4 is 17.6 Å². The molecule has 0 saturated heterocycles. The van der Waals surface area contributed by atoms with Crippen molar-refractivity contribution < 1.29 is 23.8 Å². The standard InChI is InChI=1S/C27H29NO5/c1-4-31-23-13-9-8-12-22(23)28-27(30)26(21-10-6-5-7-11-21)33-25(29)16-17-32-24-18-19(2)14-15-20(24)3/h5-15,18,26H,4,16-17H2,1-3H3,(H,28,30). The van der Waals surface area contributed by atoms with Crippen molar-refractivity contribution in [1.29, 1.82) is 0 Å². The molecule has 0 aromatic heterocycles. The number of para-hydroxylation sites is 2. The molecule has 0 aliphatic heterocycles. The first-order valence-electron chi connectivity index (χ1n) is 10.9. The van der Waals surface area contributed by atoms with E-state index in [0.29, 0.717) is 23.6 Å². The Morgan fingerprint density at radius 1 is 0.879 bits per heavy atom. The predicted molar refractivity (Wildman–Crippen MR) is 128 cm³/mol. The number of esters is 1. The van der Waals surface area contributed by atoms with E-state index >= 15 is 0 Å². The lowest BCUT2D eigenvalue weighted by Gasteiger charge is -2.19. The van der Waals surface area contributed by atoms with Gasteiger partial charge in [0.05, 0.1) is 25.3 Å². The number of anilines is 1. The van der Waals surface area contributed by atoms with Crippen LogP contribution in [0.3, 0.4) is 0 Å². The molecule has 0 saturated carbocycles. The third-order valence-electron chi connectivity index (χ3n) is 4.94. The molecule has 0 aliphatic carbocycles. The number of benzene rings is 3. The van der Waals surface area contributed by atoms with Crippen molar-refractivity contribution in [2.75, 3.05) is 18.5 Å². The Hall–Kier alpha value is -3.80. The lowest BCUT2D eigenvalue weighted by atomic mass is 10.1. The zero-order valence-corrected chi connectivity index (χ0v) is 19.2. The minimum Gasteiger partial charge on any atom is -0.493 e. The molecule has 0 spiro atoms. The van der Waals surface area contributed by atoms with E-state index in [1.54, 1.807) is 42.5 Å². The van der Waals surface area contributed by atoms with Gasteiger partial charge in [0.1, 0.15) is 11.5 Å². The van der Waals surface area contributed by atoms with Gasteiger partial charge >= 0.3 is 5.97 Å². The van der Waals surface area contributed by atoms with Crippen molar-refractivity contribution in [2.24, 2.45) is 0 Å². The molecule has 1 N–H and O–H groups in total. The molecular weight excluding hydrogens is 418 g/mol. The van der Waals surface area contributed by atoms with E-state index in [0.717, 1.165) is 16.9 Å². The molecule has 33 heavy (non-hydrogen) atoms. The van der Waals surface area contributed by atoms with Crippen molar-refractivity contribution in [2.45, 2.75) is 33.3 Å². The smallest absolute Gasteiger partial charge is 0.310 e. The van der Waals surface area contributed by atoms with Gasteiger partial charge in [-0.2, -0.15) is 0 Å². The number of aryl methyl sites for hydroxylation is 2. The molecule has 3 aromatic carbocycles. The highest BCUT2D eigenvalue weighted by Crippen LogP contribution is 2.27. The summed E-state index contributed by atoms with van der Waals surface area (Å²) in [4.78, 5) is 25.7. The summed E-state index contributed by atoms with van der Waals surface area (Å²) in [5, 5.41) is 2.82. The molecule has 0 radical (unpaired) electrons. The number of amides is 1. The maximum atomic E-state index is 13.1. The topological polar surface area (TPSA) is 73.9 Å². The van der Waals surface area contributed by atoms with Gasteiger partial charge in [0.25, 0.3) is 5.91 Å². The summed E-state index contributed by atoms with van der Waals surface area (Å²) < 4.78 is 16.9. The van der Waals surface area contributed by atoms with Crippen molar-refractivity contribution in [3.63, 3.8) is 0 Å². The zero-order valence-electron chi connectivity index (χ0n) is 19.2. The minimum absolute atomic E-state index is 0.0134. The number of carbonyl (C=O) groups is 2. The van der Waals surface area contributed by atoms with Gasteiger partial charge < -0.3 is 19.5 Å². The van der Waals surface area contributed by atoms with Crippen LogP contribution < -0.4 is 14.8 Å². The first kappa shape index (κ1) is 23.9. The van der Waals surface area contributed by atoms with E-state index in [2.05, 4.69) is 5.32 Å². The molecule has 1 unspecified atom stereocenters. The predicted octanol–water partition coefficient (Wildman–Crippen LogP) is 5.39. The van der Waals surface area contributed by atoms with Gasteiger partial charge in [-0.1, -0.05) is 54.6 Å². The molecule has 6 heteroatoms. The highest BCUT2D eigenvalue weighted by Gasteiger charge is 2.26. The Labute approximate surface area is 194 Å². The van der Waals surface area contributed by atoms with Crippen LogP contribution in [0, 0.1) is 13.8 Å². The maximum Gasteiger partial charge on any atom is 0.310 e. The Morgan fingerprint density at radius 3 is 2.36 bits per heavy atom. The number of hydrogen-bond donors (Lipinski definition) is 1. The summed E-state index contributed by atoms with van der Waals surface area (Å²) in [5.74, 6) is 0.292. The Bertz CT molecular complexity index is 1080. The summed E-state index contributed by atoms with van der Waals surface area (Å²) in [6.07, 6.45) is -1.09. The summed E-state index contributed by atoms with van der Waals surface area (Å²) >= 11 is 0. The molecule has 1 amide bonds. The first-order chi connectivity index (χ1) is 16.0. The maximum absolute atomic E-state index is 13.1. The molecule has 0 aliphatic rings. The number of nitrogens with one attached hydrogen (secondary N) is 1. The number of rotatable bonds is 10. The summed E-state index contributed by atoms with van der Waals surface area (Å²) in [7, 11) is 0. The van der Waals surface area contributed by atoms with Crippen LogP contribution in [-0.2, 0) is 14.3 Å². The van der Waals surface area contributed by atoms with Crippen LogP contribution in [-0.4, -0.2) is 25.1 Å². The molecule has 3 rings (SSSR count). The average molecular weight is 448 g/mol. The van der Waals surface area contributed by atoms with Crippen LogP contribution >= 0.6 is 0 Å². The van der Waals surface area contributed by atoms with E-state index < -0.39 is 18.0 Å². The molecular formula is C27H29NO5. The molecule has 0 fully saturated rings. The quantitative estimate of drug-likeness (QED) is 0.422. The lowest BCUT2D eigenvalue weighted by Crippen LogP contribution is -2.26. The van der Waals surface area contributed by atoms with Gasteiger partial charge in [-0.25, -0.2) is 0 Å². The van der Waals surface area contributed by atoms with Crippen LogP contribution in [0.1, 0.15) is 36.1 Å². The highest BCUT2D eigenvalue weighted by atomic mass is 16.6. The van der Waals surface area contributed by atoms with Crippen LogP contribution in [0.5, 0.6) is 11.5 Å². The fourth-order valence-corrected chi connectivity index (χ4v) is 3.25. The average Bonchev–Trinajstić information content (AvgIpc) is 2.81. The van der Waals surface area contributed by atoms with Crippen LogP contribution in [0.15, 0.2) is 72.8 Å². The number of carbonyl (C=O) groups excluding carboxylic acids is 2. The molecule has 172 valence electrons. The van der Waals surface area contributed by atoms with Gasteiger partial charge in [0, 0.05) is 5.56 Å². The zero-order chi connectivity index (χ0) is 23.6. The van der Waals surface area contributed by atoms with E-state index in [9.17, 15) is 9.59 Å². The highest BCUT2D eigenvalue weighted by molar-refractivity contribution is 5.97. The Morgan fingerprint density at radius 2 is 1.61 bits per heavy atom. The second kappa shape index (κ2) is 11.7. The van der Waals surface area contributed by atoms with Crippen LogP contribution in [0.2, 0.25) is 0 Å². The van der Waals surface area contributed by atoms with Crippen molar-refractivity contribution in [3.8, 4) is 11.5 Å². The molecule has 1 atom stereocenters. The lowest BCUT2D eigenvalue weighted by molar-refractivity contribution is -0.155. The third kappa shape index (κ3) is 6.84. The SMILES string of the molecule is CCOc1ccccc1NC(=O)C(OC(=O)CCOc1cc(C)ccc1C)c1ccccc1.